The van der Waals surface area contributed by atoms with Crippen LogP contribution in [-0.2, 0) is 16.0 Å². The number of benzene rings is 1. The molecule has 81 valence electrons. The van der Waals surface area contributed by atoms with Gasteiger partial charge < -0.3 is 10.5 Å². The molecule has 3 nitrogen and oxygen atoms in total. The third-order valence-electron chi connectivity index (χ3n) is 2.25. The maximum absolute atomic E-state index is 9.73. The molecule has 0 saturated carbocycles. The number of nitrogen functional groups attached to an aromatic ring is 1. The number of aryl methyl sites for hydroxylation is 1. The molecule has 1 radical (unpaired) electrons. The third-order valence-corrected chi connectivity index (χ3v) is 2.25. The van der Waals surface area contributed by atoms with E-state index in [1.54, 1.807) is 0 Å². The maximum Gasteiger partial charge on any atom is 0.417 e. The van der Waals surface area contributed by atoms with Crippen LogP contribution in [0.15, 0.2) is 24.3 Å². The summed E-state index contributed by atoms with van der Waals surface area (Å²) in [5, 5.41) is 0. The van der Waals surface area contributed by atoms with E-state index in [2.05, 4.69) is 4.74 Å². The van der Waals surface area contributed by atoms with E-state index in [1.165, 1.54) is 12.0 Å². The molecule has 0 saturated heterocycles. The lowest BCUT2D eigenvalue weighted by Gasteiger charge is -2.01. The highest BCUT2D eigenvalue weighted by molar-refractivity contribution is 5.39. The standard InChI is InChI=1S/C12H16NO2/c13-12-7-5-11(6-8-12)4-2-1-3-9-15-10-14/h5-8H,1-4,9,13H2. The van der Waals surface area contributed by atoms with Crippen LogP contribution in [0.1, 0.15) is 24.8 Å². The molecule has 0 atom stereocenters. The molecule has 0 unspecified atom stereocenters. The zero-order valence-electron chi connectivity index (χ0n) is 8.74. The SMILES string of the molecule is Nc1ccc(CCCCCO[C]=O)cc1. The van der Waals surface area contributed by atoms with Gasteiger partial charge >= 0.3 is 6.47 Å². The van der Waals surface area contributed by atoms with Gasteiger partial charge in [-0.1, -0.05) is 12.1 Å². The molecule has 1 aromatic carbocycles. The summed E-state index contributed by atoms with van der Waals surface area (Å²) in [4.78, 5) is 9.73. The lowest BCUT2D eigenvalue weighted by atomic mass is 10.1. The smallest absolute Gasteiger partial charge is 0.417 e. The van der Waals surface area contributed by atoms with Gasteiger partial charge in [-0.3, -0.25) is 0 Å². The van der Waals surface area contributed by atoms with Crippen LogP contribution in [0.25, 0.3) is 0 Å². The lowest BCUT2D eigenvalue weighted by molar-refractivity contribution is 0.269. The number of hydrogen-bond acceptors (Lipinski definition) is 3. The van der Waals surface area contributed by atoms with Gasteiger partial charge in [0.05, 0.1) is 6.61 Å². The minimum atomic E-state index is 0.477. The Bertz CT molecular complexity index is 282. The van der Waals surface area contributed by atoms with Crippen molar-refractivity contribution in [2.75, 3.05) is 12.3 Å². The van der Waals surface area contributed by atoms with E-state index in [0.29, 0.717) is 6.61 Å². The average Bonchev–Trinajstić information content (AvgIpc) is 2.26. The van der Waals surface area contributed by atoms with Crippen LogP contribution in [0.4, 0.5) is 5.69 Å². The fraction of sp³-hybridized carbons (Fsp3) is 0.417. The van der Waals surface area contributed by atoms with Crippen molar-refractivity contribution in [2.45, 2.75) is 25.7 Å². The van der Waals surface area contributed by atoms with Crippen LogP contribution in [0, 0.1) is 0 Å². The van der Waals surface area contributed by atoms with E-state index < -0.39 is 0 Å². The van der Waals surface area contributed by atoms with Gasteiger partial charge in [0.1, 0.15) is 0 Å². The van der Waals surface area contributed by atoms with Crippen LogP contribution in [0.5, 0.6) is 0 Å². The van der Waals surface area contributed by atoms with Crippen LogP contribution in [0.3, 0.4) is 0 Å². The molecule has 0 heterocycles. The van der Waals surface area contributed by atoms with Gasteiger partial charge in [0.2, 0.25) is 0 Å². The summed E-state index contributed by atoms with van der Waals surface area (Å²) in [6.07, 6.45) is 4.12. The molecule has 0 amide bonds. The summed E-state index contributed by atoms with van der Waals surface area (Å²) in [5.74, 6) is 0. The van der Waals surface area contributed by atoms with Gasteiger partial charge in [-0.25, -0.2) is 4.79 Å². The summed E-state index contributed by atoms with van der Waals surface area (Å²) in [6.45, 7) is 1.90. The Morgan fingerprint density at radius 3 is 2.53 bits per heavy atom. The van der Waals surface area contributed by atoms with Crippen LogP contribution >= 0.6 is 0 Å². The number of carbonyl (C=O) groups excluding carboxylic acids is 1. The van der Waals surface area contributed by atoms with Crippen molar-refractivity contribution < 1.29 is 9.53 Å². The minimum Gasteiger partial charge on any atom is -0.457 e. The van der Waals surface area contributed by atoms with Crippen molar-refractivity contribution >= 4 is 12.2 Å². The van der Waals surface area contributed by atoms with E-state index in [-0.39, 0.29) is 0 Å². The van der Waals surface area contributed by atoms with Crippen molar-refractivity contribution in [1.29, 1.82) is 0 Å². The molecule has 0 bridgehead atoms. The van der Waals surface area contributed by atoms with E-state index in [9.17, 15) is 4.79 Å². The molecular formula is C12H16NO2. The summed E-state index contributed by atoms with van der Waals surface area (Å²) < 4.78 is 4.48. The predicted octanol–water partition coefficient (Wildman–Crippen LogP) is 2.07. The quantitative estimate of drug-likeness (QED) is 0.549. The number of ether oxygens (including phenoxy) is 1. The number of nitrogens with two attached hydrogens (primary N) is 1. The van der Waals surface area contributed by atoms with Crippen molar-refractivity contribution in [2.24, 2.45) is 0 Å². The van der Waals surface area contributed by atoms with E-state index >= 15 is 0 Å². The number of rotatable bonds is 7. The number of hydrogen-bond donors (Lipinski definition) is 1. The molecule has 0 aliphatic rings. The first kappa shape index (κ1) is 11.6. The Kier molecular flexibility index (Phi) is 5.30. The Morgan fingerprint density at radius 2 is 1.87 bits per heavy atom. The summed E-state index contributed by atoms with van der Waals surface area (Å²) in [7, 11) is 0. The summed E-state index contributed by atoms with van der Waals surface area (Å²) in [6, 6.07) is 7.93. The van der Waals surface area contributed by atoms with Gasteiger partial charge in [0, 0.05) is 5.69 Å². The second-order valence-electron chi connectivity index (χ2n) is 3.48. The third kappa shape index (κ3) is 5.05. The first-order valence-corrected chi connectivity index (χ1v) is 5.16. The second-order valence-corrected chi connectivity index (χ2v) is 3.48. The molecule has 0 aliphatic heterocycles. The van der Waals surface area contributed by atoms with Crippen molar-refractivity contribution in [3.05, 3.63) is 29.8 Å². The fourth-order valence-corrected chi connectivity index (χ4v) is 1.41. The largest absolute Gasteiger partial charge is 0.457 e. The number of anilines is 1. The molecule has 0 spiro atoms. The Morgan fingerprint density at radius 1 is 1.13 bits per heavy atom. The Balaban J connectivity index is 2.09. The van der Waals surface area contributed by atoms with Crippen LogP contribution < -0.4 is 5.73 Å². The summed E-state index contributed by atoms with van der Waals surface area (Å²) >= 11 is 0. The van der Waals surface area contributed by atoms with Gasteiger partial charge in [-0.15, -0.1) is 0 Å². The van der Waals surface area contributed by atoms with Crippen LogP contribution in [0.2, 0.25) is 0 Å². The molecule has 15 heavy (non-hydrogen) atoms. The van der Waals surface area contributed by atoms with Crippen molar-refractivity contribution in [3.63, 3.8) is 0 Å². The zero-order chi connectivity index (χ0) is 10.9. The van der Waals surface area contributed by atoms with Gasteiger partial charge in [-0.05, 0) is 43.4 Å². The molecule has 1 aromatic rings. The van der Waals surface area contributed by atoms with E-state index in [4.69, 9.17) is 5.73 Å². The molecule has 0 aromatic heterocycles. The Hall–Kier alpha value is -1.51. The molecule has 3 heteroatoms. The highest BCUT2D eigenvalue weighted by Crippen LogP contribution is 2.09. The molecule has 0 aliphatic carbocycles. The van der Waals surface area contributed by atoms with Gasteiger partial charge in [-0.2, -0.15) is 0 Å². The topological polar surface area (TPSA) is 52.3 Å². The van der Waals surface area contributed by atoms with E-state index in [1.807, 2.05) is 24.3 Å². The van der Waals surface area contributed by atoms with Crippen molar-refractivity contribution in [1.82, 2.24) is 0 Å². The minimum absolute atomic E-state index is 0.477. The monoisotopic (exact) mass is 206 g/mol. The van der Waals surface area contributed by atoms with Gasteiger partial charge in [0.25, 0.3) is 0 Å². The molecule has 2 N–H and O–H groups in total. The summed E-state index contributed by atoms with van der Waals surface area (Å²) in [5.41, 5.74) is 7.68. The normalized spacial score (nSPS) is 9.87. The number of unbranched alkanes of at least 4 members (excludes halogenated alkanes) is 2. The highest BCUT2D eigenvalue weighted by Gasteiger charge is 1.94. The lowest BCUT2D eigenvalue weighted by Crippen LogP contribution is -1.93. The highest BCUT2D eigenvalue weighted by atomic mass is 16.5. The maximum atomic E-state index is 9.73. The average molecular weight is 206 g/mol. The van der Waals surface area contributed by atoms with E-state index in [0.717, 1.165) is 31.4 Å². The van der Waals surface area contributed by atoms with Crippen LogP contribution in [-0.4, -0.2) is 13.1 Å². The molecular weight excluding hydrogens is 190 g/mol. The fourth-order valence-electron chi connectivity index (χ4n) is 1.41. The molecule has 1 rings (SSSR count). The predicted molar refractivity (Wildman–Crippen MR) is 60.1 cm³/mol. The van der Waals surface area contributed by atoms with Crippen molar-refractivity contribution in [3.8, 4) is 0 Å². The van der Waals surface area contributed by atoms with Gasteiger partial charge in [0.15, 0.2) is 0 Å². The second kappa shape index (κ2) is 6.87. The molecule has 0 fully saturated rings. The first-order valence-electron chi connectivity index (χ1n) is 5.16. The Labute approximate surface area is 90.2 Å². The zero-order valence-corrected chi connectivity index (χ0v) is 8.74. The first-order chi connectivity index (χ1) is 7.33.